The van der Waals surface area contributed by atoms with Crippen LogP contribution in [0.1, 0.15) is 102 Å². The average Bonchev–Trinajstić information content (AvgIpc) is 3.54. The Hall–Kier alpha value is -1.66. The van der Waals surface area contributed by atoms with Crippen LogP contribution >= 0.6 is 9.69 Å². The van der Waals surface area contributed by atoms with Crippen LogP contribution in [0.3, 0.4) is 0 Å². The first-order valence-corrected chi connectivity index (χ1v) is 19.7. The first-order chi connectivity index (χ1) is 20.1. The zero-order valence-corrected chi connectivity index (χ0v) is 32.8. The first-order valence-electron chi connectivity index (χ1n) is 15.8. The predicted octanol–water partition coefficient (Wildman–Crippen LogP) is 9.72. The Morgan fingerprint density at radius 1 is 0.682 bits per heavy atom. The van der Waals surface area contributed by atoms with Gasteiger partial charge in [0, 0.05) is 69.4 Å². The molecule has 44 heavy (non-hydrogen) atoms. The first kappa shape index (κ1) is 35.2. The third-order valence-corrected chi connectivity index (χ3v) is 8.74. The van der Waals surface area contributed by atoms with E-state index < -0.39 is 0 Å². The van der Waals surface area contributed by atoms with Crippen LogP contribution in [-0.4, -0.2) is 41.6 Å². The fourth-order valence-corrected chi connectivity index (χ4v) is 6.08. The van der Waals surface area contributed by atoms with Gasteiger partial charge in [-0.25, -0.2) is 0 Å². The van der Waals surface area contributed by atoms with Crippen molar-refractivity contribution < 1.29 is 26.8 Å². The van der Waals surface area contributed by atoms with Crippen LogP contribution < -0.4 is 0 Å². The van der Waals surface area contributed by atoms with E-state index in [2.05, 4.69) is 113 Å². The van der Waals surface area contributed by atoms with Crippen LogP contribution in [0.15, 0.2) is 73.8 Å². The predicted molar refractivity (Wildman–Crippen MR) is 181 cm³/mol. The number of ether oxygens (including phenoxy) is 2. The van der Waals surface area contributed by atoms with Gasteiger partial charge in [-0.1, -0.05) is 59.8 Å². The van der Waals surface area contributed by atoms with Gasteiger partial charge < -0.3 is 14.8 Å². The second-order valence-corrected chi connectivity index (χ2v) is 16.7. The van der Waals surface area contributed by atoms with Gasteiger partial charge in [0.15, 0.2) is 0 Å². The van der Waals surface area contributed by atoms with Gasteiger partial charge in [-0.15, -0.1) is 11.4 Å². The van der Waals surface area contributed by atoms with Crippen LogP contribution in [0.5, 0.6) is 0 Å². The number of halogens is 1. The molecule has 0 fully saturated rings. The van der Waals surface area contributed by atoms with Crippen LogP contribution in [0.4, 0.5) is 0 Å². The Kier molecular flexibility index (Phi) is 9.74. The van der Waals surface area contributed by atoms with Gasteiger partial charge in [-0.05, 0) is 53.7 Å². The summed E-state index contributed by atoms with van der Waals surface area (Å²) in [5, 5.41) is 5.17. The SMILES string of the molecule is CC(C)(C)OCC1(C)C/C2=C/C3=N/C(=C\C4=CC(C)(COC(C)(C)C)/C(=C/C5=NC(=C\C1=N2)/CC5(C)C)[N-]4)CC3(C)C.[Cl][Zn+]. The molecule has 0 saturated heterocycles. The molecule has 8 bridgehead atoms. The molecule has 0 saturated carbocycles. The molecule has 5 rings (SSSR count). The second-order valence-electron chi connectivity index (χ2n) is 16.7. The summed E-state index contributed by atoms with van der Waals surface area (Å²) in [7, 11) is 4.76. The van der Waals surface area contributed by atoms with E-state index in [4.69, 9.17) is 39.5 Å². The van der Waals surface area contributed by atoms with Crippen molar-refractivity contribution in [3.8, 4) is 0 Å². The molecule has 236 valence electrons. The van der Waals surface area contributed by atoms with Crippen LogP contribution in [0.2, 0.25) is 0 Å². The molecular weight excluding hydrogens is 621 g/mol. The third-order valence-electron chi connectivity index (χ3n) is 8.74. The summed E-state index contributed by atoms with van der Waals surface area (Å²) in [5.74, 6) is 0. The van der Waals surface area contributed by atoms with E-state index in [1.165, 1.54) is 0 Å². The minimum absolute atomic E-state index is 0.0907. The van der Waals surface area contributed by atoms with E-state index in [0.29, 0.717) is 13.2 Å². The van der Waals surface area contributed by atoms with Crippen molar-refractivity contribution in [3.05, 3.63) is 64.2 Å². The molecule has 5 heterocycles. The zero-order chi connectivity index (χ0) is 32.9. The molecule has 6 nitrogen and oxygen atoms in total. The quantitative estimate of drug-likeness (QED) is 0.279. The second kappa shape index (κ2) is 12.2. The van der Waals surface area contributed by atoms with Crippen molar-refractivity contribution in [1.29, 1.82) is 0 Å². The molecule has 0 aromatic rings. The van der Waals surface area contributed by atoms with Crippen molar-refractivity contribution >= 4 is 26.8 Å². The van der Waals surface area contributed by atoms with Crippen molar-refractivity contribution in [2.75, 3.05) is 13.2 Å². The molecule has 0 aromatic carbocycles. The summed E-state index contributed by atoms with van der Waals surface area (Å²) < 4.78 is 12.7. The molecule has 0 aromatic heterocycles. The van der Waals surface area contributed by atoms with Gasteiger partial charge >= 0.3 is 27.0 Å². The third kappa shape index (κ3) is 8.00. The molecule has 0 aliphatic carbocycles. The van der Waals surface area contributed by atoms with Gasteiger partial charge in [-0.2, -0.15) is 0 Å². The molecule has 8 heteroatoms. The summed E-state index contributed by atoms with van der Waals surface area (Å²) in [6, 6.07) is 0. The zero-order valence-electron chi connectivity index (χ0n) is 29.1. The fraction of sp³-hybridized carbons (Fsp3) is 0.639. The van der Waals surface area contributed by atoms with Gasteiger partial charge in [0.1, 0.15) is 0 Å². The van der Waals surface area contributed by atoms with Gasteiger partial charge in [0.25, 0.3) is 0 Å². The van der Waals surface area contributed by atoms with Crippen molar-refractivity contribution in [1.82, 2.24) is 0 Å². The summed E-state index contributed by atoms with van der Waals surface area (Å²) in [5.41, 5.74) is 6.96. The van der Waals surface area contributed by atoms with E-state index >= 15 is 0 Å². The maximum absolute atomic E-state index is 6.36. The number of allylic oxidation sites excluding steroid dienone is 7. The average molecular weight is 673 g/mol. The molecular formula is C36H51ClN4O2Zn. The monoisotopic (exact) mass is 670 g/mol. The van der Waals surface area contributed by atoms with Crippen molar-refractivity contribution in [2.24, 2.45) is 36.6 Å². The van der Waals surface area contributed by atoms with E-state index in [1.807, 2.05) is 0 Å². The Morgan fingerprint density at radius 2 is 1.14 bits per heavy atom. The molecule has 0 amide bonds. The van der Waals surface area contributed by atoms with Crippen LogP contribution in [-0.2, 0) is 26.8 Å². The van der Waals surface area contributed by atoms with E-state index in [1.54, 1.807) is 0 Å². The summed E-state index contributed by atoms with van der Waals surface area (Å²) in [6.45, 7) is 27.4. The molecule has 5 aliphatic rings. The maximum atomic E-state index is 6.36. The summed E-state index contributed by atoms with van der Waals surface area (Å²) >= 11 is 0.847. The molecule has 5 aliphatic heterocycles. The standard InChI is InChI=1S/C36H51N4O2.ClH.Zn/c1-31(2,3)41-21-35(11)20-26-14-27-33(7,8)17-23(37-27)13-24-19-36(12,22-42-32(4,5)6)30(39-24)16-28-34(9,10)18-25(38-28)15-29(35)40-26;;/h13-16,19H,17-18,20-22H2,1-12H3;1H;/q-1;;+2/p-1/b23-13-,25-15-,26-14-,30-16-;;. The number of hydrogen-bond donors (Lipinski definition) is 0. The normalized spacial score (nSPS) is 33.5. The van der Waals surface area contributed by atoms with Gasteiger partial charge in [0.2, 0.25) is 0 Å². The topological polar surface area (TPSA) is 69.6 Å². The van der Waals surface area contributed by atoms with E-state index in [-0.39, 0.29) is 32.9 Å². The van der Waals surface area contributed by atoms with Crippen LogP contribution in [0, 0.1) is 21.7 Å². The number of aliphatic imine (C=N–C) groups is 3. The molecule has 2 unspecified atom stereocenters. The Labute approximate surface area is 280 Å². The number of hydrogen-bond acceptors (Lipinski definition) is 5. The Morgan fingerprint density at radius 3 is 1.70 bits per heavy atom. The van der Waals surface area contributed by atoms with Crippen molar-refractivity contribution in [3.63, 3.8) is 0 Å². The van der Waals surface area contributed by atoms with E-state index in [9.17, 15) is 0 Å². The fourth-order valence-electron chi connectivity index (χ4n) is 6.08. The Bertz CT molecular complexity index is 1430. The molecule has 2 atom stereocenters. The summed E-state index contributed by atoms with van der Waals surface area (Å²) in [4.78, 5) is 15.6. The Balaban J connectivity index is 0.00000216. The molecule has 0 spiro atoms. The van der Waals surface area contributed by atoms with E-state index in [0.717, 1.165) is 82.2 Å². The minimum atomic E-state index is -0.368. The van der Waals surface area contributed by atoms with Gasteiger partial charge in [0.05, 0.1) is 30.1 Å². The molecule has 0 N–H and O–H groups in total. The van der Waals surface area contributed by atoms with Crippen molar-refractivity contribution in [2.45, 2.75) is 114 Å². The number of fused-ring (bicyclic) bond motifs is 5. The number of nitrogens with zero attached hydrogens (tertiary/aromatic N) is 4. The van der Waals surface area contributed by atoms with Gasteiger partial charge in [-0.3, -0.25) is 15.0 Å². The van der Waals surface area contributed by atoms with Crippen LogP contribution in [0.25, 0.3) is 5.32 Å². The molecule has 0 radical (unpaired) electrons. The summed E-state index contributed by atoms with van der Waals surface area (Å²) in [6.07, 6.45) is 13.6. The number of rotatable bonds is 4.